The number of unbranched alkanes of at least 4 members (excludes halogenated alkanes) is 1. The lowest BCUT2D eigenvalue weighted by molar-refractivity contribution is -0.131. The zero-order valence-corrected chi connectivity index (χ0v) is 16.5. The number of ether oxygens (including phenoxy) is 1. The van der Waals surface area contributed by atoms with Gasteiger partial charge in [0.05, 0.1) is 12.2 Å². The van der Waals surface area contributed by atoms with Gasteiger partial charge in [0.1, 0.15) is 12.6 Å². The van der Waals surface area contributed by atoms with Crippen LogP contribution in [0.4, 0.5) is 10.5 Å². The lowest BCUT2D eigenvalue weighted by atomic mass is 10.0. The third-order valence-electron chi connectivity index (χ3n) is 4.25. The van der Waals surface area contributed by atoms with Crippen LogP contribution < -0.4 is 10.6 Å². The molecule has 0 bridgehead atoms. The van der Waals surface area contributed by atoms with Crippen molar-refractivity contribution in [1.82, 2.24) is 10.2 Å². The topological polar surface area (TPSA) is 105 Å². The maximum Gasteiger partial charge on any atom is 0.338 e. The first-order valence-electron chi connectivity index (χ1n) is 9.50. The van der Waals surface area contributed by atoms with E-state index in [0.717, 1.165) is 17.7 Å². The van der Waals surface area contributed by atoms with Crippen molar-refractivity contribution in [3.8, 4) is 0 Å². The number of nitrogens with zero attached hydrogens (tertiary/aromatic N) is 1. The number of hydrogen-bond donors (Lipinski definition) is 2. The summed E-state index contributed by atoms with van der Waals surface area (Å²) in [4.78, 5) is 49.2. The molecule has 152 valence electrons. The Labute approximate surface area is 164 Å². The molecule has 0 aromatic heterocycles. The van der Waals surface area contributed by atoms with Crippen LogP contribution in [0.15, 0.2) is 24.3 Å². The van der Waals surface area contributed by atoms with Gasteiger partial charge in [0.15, 0.2) is 0 Å². The lowest BCUT2D eigenvalue weighted by Gasteiger charge is -2.14. The summed E-state index contributed by atoms with van der Waals surface area (Å²) in [7, 11) is 0. The minimum absolute atomic E-state index is 0.246. The third-order valence-corrected chi connectivity index (χ3v) is 4.25. The molecule has 1 atom stereocenters. The van der Waals surface area contributed by atoms with Gasteiger partial charge in [-0.3, -0.25) is 14.5 Å². The number of benzene rings is 1. The number of anilines is 1. The van der Waals surface area contributed by atoms with Gasteiger partial charge >= 0.3 is 12.0 Å². The molecule has 1 aromatic rings. The van der Waals surface area contributed by atoms with Crippen LogP contribution in [0.1, 0.15) is 50.4 Å². The smallest absolute Gasteiger partial charge is 0.338 e. The highest BCUT2D eigenvalue weighted by atomic mass is 16.5. The Kier molecular flexibility index (Phi) is 7.54. The van der Waals surface area contributed by atoms with Gasteiger partial charge < -0.3 is 15.4 Å². The molecule has 28 heavy (non-hydrogen) atoms. The second-order valence-corrected chi connectivity index (χ2v) is 7.17. The molecule has 2 N–H and O–H groups in total. The van der Waals surface area contributed by atoms with E-state index in [9.17, 15) is 19.2 Å². The summed E-state index contributed by atoms with van der Waals surface area (Å²) >= 11 is 0. The Balaban J connectivity index is 1.88. The Morgan fingerprint density at radius 3 is 2.50 bits per heavy atom. The first kappa shape index (κ1) is 21.4. The van der Waals surface area contributed by atoms with E-state index in [4.69, 9.17) is 4.74 Å². The average Bonchev–Trinajstić information content (AvgIpc) is 2.89. The van der Waals surface area contributed by atoms with Crippen LogP contribution in [0.3, 0.4) is 0 Å². The van der Waals surface area contributed by atoms with Gasteiger partial charge in [-0.1, -0.05) is 27.2 Å². The van der Waals surface area contributed by atoms with E-state index < -0.39 is 23.9 Å². The van der Waals surface area contributed by atoms with Crippen LogP contribution in [0.2, 0.25) is 0 Å². The second kappa shape index (κ2) is 9.87. The SMILES string of the molecule is CCCCOC(=O)c1ccc(NC(=O)CN2C(=O)NC(CC(C)C)C2=O)cc1. The zero-order chi connectivity index (χ0) is 20.7. The van der Waals surface area contributed by atoms with Gasteiger partial charge in [-0.15, -0.1) is 0 Å². The molecule has 8 heteroatoms. The van der Waals surface area contributed by atoms with Crippen LogP contribution in [-0.4, -0.2) is 47.9 Å². The predicted molar refractivity (Wildman–Crippen MR) is 104 cm³/mol. The Hall–Kier alpha value is -2.90. The van der Waals surface area contributed by atoms with E-state index in [-0.39, 0.29) is 18.4 Å². The summed E-state index contributed by atoms with van der Waals surface area (Å²) in [5, 5.41) is 5.22. The molecule has 1 saturated heterocycles. The number of nitrogens with one attached hydrogen (secondary N) is 2. The highest BCUT2D eigenvalue weighted by Gasteiger charge is 2.38. The standard InChI is InChI=1S/C20H27N3O5/c1-4-5-10-28-19(26)14-6-8-15(9-7-14)21-17(24)12-23-18(25)16(11-13(2)3)22-20(23)27/h6-9,13,16H,4-5,10-12H2,1-3H3,(H,21,24)(H,22,27). The first-order chi connectivity index (χ1) is 13.3. The van der Waals surface area contributed by atoms with Crippen LogP contribution in [-0.2, 0) is 14.3 Å². The summed E-state index contributed by atoms with van der Waals surface area (Å²) in [6.45, 7) is 5.93. The molecule has 1 aromatic carbocycles. The van der Waals surface area contributed by atoms with E-state index in [2.05, 4.69) is 10.6 Å². The number of rotatable bonds is 9. The number of carbonyl (C=O) groups excluding carboxylic acids is 4. The van der Waals surface area contributed by atoms with Crippen molar-refractivity contribution in [2.45, 2.75) is 46.1 Å². The maximum atomic E-state index is 12.3. The number of urea groups is 1. The molecule has 1 fully saturated rings. The number of carbonyl (C=O) groups is 4. The minimum Gasteiger partial charge on any atom is -0.462 e. The number of amides is 4. The largest absolute Gasteiger partial charge is 0.462 e. The van der Waals surface area contributed by atoms with Crippen LogP contribution in [0.5, 0.6) is 0 Å². The average molecular weight is 389 g/mol. The molecule has 1 heterocycles. The third kappa shape index (κ3) is 5.80. The molecule has 1 aliphatic rings. The summed E-state index contributed by atoms with van der Waals surface area (Å²) in [6, 6.07) is 5.10. The number of hydrogen-bond acceptors (Lipinski definition) is 5. The van der Waals surface area contributed by atoms with Crippen molar-refractivity contribution in [3.05, 3.63) is 29.8 Å². The molecule has 0 spiro atoms. The minimum atomic E-state index is -0.585. The fraction of sp³-hybridized carbons (Fsp3) is 0.500. The summed E-state index contributed by atoms with van der Waals surface area (Å²) < 4.78 is 5.12. The van der Waals surface area contributed by atoms with E-state index in [0.29, 0.717) is 24.3 Å². The van der Waals surface area contributed by atoms with E-state index in [1.807, 2.05) is 20.8 Å². The fourth-order valence-electron chi connectivity index (χ4n) is 2.78. The number of imide groups is 1. The maximum absolute atomic E-state index is 12.3. The van der Waals surface area contributed by atoms with Crippen molar-refractivity contribution in [2.24, 2.45) is 5.92 Å². The second-order valence-electron chi connectivity index (χ2n) is 7.17. The summed E-state index contributed by atoms with van der Waals surface area (Å²) in [5.74, 6) is -1.05. The molecule has 0 saturated carbocycles. The lowest BCUT2D eigenvalue weighted by Crippen LogP contribution is -2.38. The van der Waals surface area contributed by atoms with Crippen molar-refractivity contribution < 1.29 is 23.9 Å². The molecule has 0 radical (unpaired) electrons. The predicted octanol–water partition coefficient (Wildman–Crippen LogP) is 2.55. The van der Waals surface area contributed by atoms with Gasteiger partial charge in [0, 0.05) is 5.69 Å². The van der Waals surface area contributed by atoms with Crippen LogP contribution >= 0.6 is 0 Å². The van der Waals surface area contributed by atoms with Gasteiger partial charge in [-0.2, -0.15) is 0 Å². The van der Waals surface area contributed by atoms with E-state index in [1.165, 1.54) is 0 Å². The quantitative estimate of drug-likeness (QED) is 0.384. The summed E-state index contributed by atoms with van der Waals surface area (Å²) in [5.41, 5.74) is 0.848. The Morgan fingerprint density at radius 2 is 1.89 bits per heavy atom. The summed E-state index contributed by atoms with van der Waals surface area (Å²) in [6.07, 6.45) is 2.27. The van der Waals surface area contributed by atoms with Crippen molar-refractivity contribution >= 4 is 29.5 Å². The van der Waals surface area contributed by atoms with Gasteiger partial charge in [-0.05, 0) is 43.0 Å². The highest BCUT2D eigenvalue weighted by Crippen LogP contribution is 2.15. The van der Waals surface area contributed by atoms with Gasteiger partial charge in [0.25, 0.3) is 5.91 Å². The molecule has 0 aliphatic carbocycles. The highest BCUT2D eigenvalue weighted by molar-refractivity contribution is 6.07. The molecular weight excluding hydrogens is 362 g/mol. The normalized spacial score (nSPS) is 16.3. The molecule has 4 amide bonds. The Morgan fingerprint density at radius 1 is 1.21 bits per heavy atom. The molecule has 1 aliphatic heterocycles. The van der Waals surface area contributed by atoms with Gasteiger partial charge in [-0.25, -0.2) is 9.59 Å². The molecule has 1 unspecified atom stereocenters. The van der Waals surface area contributed by atoms with Crippen molar-refractivity contribution in [2.75, 3.05) is 18.5 Å². The molecular formula is C20H27N3O5. The fourth-order valence-corrected chi connectivity index (χ4v) is 2.78. The number of esters is 1. The van der Waals surface area contributed by atoms with Crippen LogP contribution in [0, 0.1) is 5.92 Å². The van der Waals surface area contributed by atoms with Crippen molar-refractivity contribution in [1.29, 1.82) is 0 Å². The van der Waals surface area contributed by atoms with E-state index in [1.54, 1.807) is 24.3 Å². The molecule has 2 rings (SSSR count). The molecule has 8 nitrogen and oxygen atoms in total. The van der Waals surface area contributed by atoms with Gasteiger partial charge in [0.2, 0.25) is 5.91 Å². The van der Waals surface area contributed by atoms with E-state index >= 15 is 0 Å². The Bertz CT molecular complexity index is 730. The van der Waals surface area contributed by atoms with Crippen molar-refractivity contribution in [3.63, 3.8) is 0 Å². The van der Waals surface area contributed by atoms with Crippen LogP contribution in [0.25, 0.3) is 0 Å². The zero-order valence-electron chi connectivity index (χ0n) is 16.5. The first-order valence-corrected chi connectivity index (χ1v) is 9.50. The monoisotopic (exact) mass is 389 g/mol.